The van der Waals surface area contributed by atoms with Crippen LogP contribution >= 0.6 is 0 Å². The predicted molar refractivity (Wildman–Crippen MR) is 71.3 cm³/mol. The zero-order valence-electron chi connectivity index (χ0n) is 11.1. The third-order valence-electron chi connectivity index (χ3n) is 2.49. The van der Waals surface area contributed by atoms with E-state index in [1.165, 1.54) is 0 Å². The Kier molecular flexibility index (Phi) is 5.45. The Labute approximate surface area is 107 Å². The fourth-order valence-electron chi connectivity index (χ4n) is 1.75. The van der Waals surface area contributed by atoms with E-state index in [1.54, 1.807) is 11.9 Å². The molecule has 0 fully saturated rings. The van der Waals surface area contributed by atoms with Crippen molar-refractivity contribution in [3.05, 3.63) is 23.8 Å². The van der Waals surface area contributed by atoms with Crippen LogP contribution in [0.1, 0.15) is 12.5 Å². The Hall–Kier alpha value is -1.75. The molecule has 5 heteroatoms. The van der Waals surface area contributed by atoms with Crippen molar-refractivity contribution in [2.75, 3.05) is 32.1 Å². The first kappa shape index (κ1) is 14.3. The van der Waals surface area contributed by atoms with E-state index in [1.807, 2.05) is 32.2 Å². The van der Waals surface area contributed by atoms with Crippen molar-refractivity contribution in [1.82, 2.24) is 5.32 Å². The third-order valence-corrected chi connectivity index (χ3v) is 2.49. The lowest BCUT2D eigenvalue weighted by atomic mass is 10.1. The summed E-state index contributed by atoms with van der Waals surface area (Å²) < 4.78 is 5.56. The van der Waals surface area contributed by atoms with Gasteiger partial charge in [0.05, 0.1) is 12.3 Å². The highest BCUT2D eigenvalue weighted by Gasteiger charge is 2.12. The smallest absolute Gasteiger partial charge is 0.323 e. The minimum Gasteiger partial charge on any atom is -0.492 e. The van der Waals surface area contributed by atoms with Gasteiger partial charge < -0.3 is 20.1 Å². The molecular formula is C13H20N2O3. The molecule has 0 saturated heterocycles. The molecule has 5 nitrogen and oxygen atoms in total. The predicted octanol–water partition coefficient (Wildman–Crippen LogP) is 1.33. The minimum atomic E-state index is -0.862. The molecule has 0 aliphatic carbocycles. The SMILES string of the molecule is CCOc1cc(CNC)ccc1N(C)CC(=O)O. The van der Waals surface area contributed by atoms with Crippen LogP contribution < -0.4 is 15.0 Å². The van der Waals surface area contributed by atoms with Gasteiger partial charge >= 0.3 is 5.97 Å². The van der Waals surface area contributed by atoms with E-state index in [0.717, 1.165) is 17.8 Å². The topological polar surface area (TPSA) is 61.8 Å². The lowest BCUT2D eigenvalue weighted by molar-refractivity contribution is -0.135. The van der Waals surface area contributed by atoms with Crippen molar-refractivity contribution in [1.29, 1.82) is 0 Å². The molecule has 0 heterocycles. The van der Waals surface area contributed by atoms with E-state index in [9.17, 15) is 4.79 Å². The second-order valence-corrected chi connectivity index (χ2v) is 4.02. The van der Waals surface area contributed by atoms with Crippen molar-refractivity contribution in [2.24, 2.45) is 0 Å². The summed E-state index contributed by atoms with van der Waals surface area (Å²) in [5, 5.41) is 11.9. The Morgan fingerprint density at radius 3 is 2.78 bits per heavy atom. The van der Waals surface area contributed by atoms with Crippen molar-refractivity contribution in [2.45, 2.75) is 13.5 Å². The number of aliphatic carboxylic acids is 1. The van der Waals surface area contributed by atoms with E-state index in [0.29, 0.717) is 12.4 Å². The second-order valence-electron chi connectivity index (χ2n) is 4.02. The lowest BCUT2D eigenvalue weighted by Gasteiger charge is -2.21. The number of anilines is 1. The average Bonchev–Trinajstić information content (AvgIpc) is 2.29. The molecule has 0 unspecified atom stereocenters. The molecule has 2 N–H and O–H groups in total. The standard InChI is InChI=1S/C13H20N2O3/c1-4-18-12-7-10(8-14-2)5-6-11(12)15(3)9-13(16)17/h5-7,14H,4,8-9H2,1-3H3,(H,16,17). The van der Waals surface area contributed by atoms with Crippen molar-refractivity contribution >= 4 is 11.7 Å². The first-order valence-corrected chi connectivity index (χ1v) is 5.91. The molecule has 0 atom stereocenters. The van der Waals surface area contributed by atoms with Crippen molar-refractivity contribution in [3.8, 4) is 5.75 Å². The minimum absolute atomic E-state index is 0.0502. The number of ether oxygens (including phenoxy) is 1. The Bertz CT molecular complexity index is 407. The Balaban J connectivity index is 2.98. The number of likely N-dealkylation sites (N-methyl/N-ethyl adjacent to an activating group) is 1. The fraction of sp³-hybridized carbons (Fsp3) is 0.462. The molecule has 0 spiro atoms. The lowest BCUT2D eigenvalue weighted by Crippen LogP contribution is -2.25. The van der Waals surface area contributed by atoms with Crippen LogP contribution in [0, 0.1) is 0 Å². The molecule has 0 bridgehead atoms. The van der Waals surface area contributed by atoms with E-state index in [-0.39, 0.29) is 6.54 Å². The second kappa shape index (κ2) is 6.86. The maximum absolute atomic E-state index is 10.7. The highest BCUT2D eigenvalue weighted by Crippen LogP contribution is 2.28. The van der Waals surface area contributed by atoms with Crippen molar-refractivity contribution < 1.29 is 14.6 Å². The molecule has 0 aliphatic heterocycles. The van der Waals surface area contributed by atoms with Gasteiger partial charge in [0, 0.05) is 13.6 Å². The Morgan fingerprint density at radius 1 is 1.50 bits per heavy atom. The van der Waals surface area contributed by atoms with E-state index in [4.69, 9.17) is 9.84 Å². The van der Waals surface area contributed by atoms with Crippen LogP contribution in [-0.4, -0.2) is 38.3 Å². The monoisotopic (exact) mass is 252 g/mol. The van der Waals surface area contributed by atoms with Gasteiger partial charge in [0.15, 0.2) is 0 Å². The molecule has 1 aromatic rings. The number of carboxylic acids is 1. The van der Waals surface area contributed by atoms with E-state index < -0.39 is 5.97 Å². The highest BCUT2D eigenvalue weighted by molar-refractivity contribution is 5.75. The van der Waals surface area contributed by atoms with Gasteiger partial charge in [-0.05, 0) is 31.7 Å². The molecule has 1 rings (SSSR count). The molecule has 0 saturated carbocycles. The van der Waals surface area contributed by atoms with Crippen LogP contribution in [0.25, 0.3) is 0 Å². The van der Waals surface area contributed by atoms with Crippen LogP contribution in [0.4, 0.5) is 5.69 Å². The van der Waals surface area contributed by atoms with Gasteiger partial charge in [-0.2, -0.15) is 0 Å². The molecule has 0 amide bonds. The maximum atomic E-state index is 10.7. The number of rotatable bonds is 7. The zero-order chi connectivity index (χ0) is 13.5. The normalized spacial score (nSPS) is 10.2. The van der Waals surface area contributed by atoms with Crippen LogP contribution in [0.15, 0.2) is 18.2 Å². The van der Waals surface area contributed by atoms with Crippen LogP contribution in [0.3, 0.4) is 0 Å². The molecule has 100 valence electrons. The first-order valence-electron chi connectivity index (χ1n) is 5.91. The van der Waals surface area contributed by atoms with E-state index in [2.05, 4.69) is 5.32 Å². The van der Waals surface area contributed by atoms with Crippen LogP contribution in [-0.2, 0) is 11.3 Å². The van der Waals surface area contributed by atoms with Crippen LogP contribution in [0.2, 0.25) is 0 Å². The highest BCUT2D eigenvalue weighted by atomic mass is 16.5. The molecular weight excluding hydrogens is 232 g/mol. The fourth-order valence-corrected chi connectivity index (χ4v) is 1.75. The molecule has 0 radical (unpaired) electrons. The molecule has 1 aromatic carbocycles. The zero-order valence-corrected chi connectivity index (χ0v) is 11.1. The van der Waals surface area contributed by atoms with Gasteiger partial charge in [-0.1, -0.05) is 6.07 Å². The van der Waals surface area contributed by atoms with E-state index >= 15 is 0 Å². The van der Waals surface area contributed by atoms with Gasteiger partial charge in [0.1, 0.15) is 12.3 Å². The Morgan fingerprint density at radius 2 is 2.22 bits per heavy atom. The molecule has 0 aliphatic rings. The first-order chi connectivity index (χ1) is 8.58. The average molecular weight is 252 g/mol. The number of hydrogen-bond acceptors (Lipinski definition) is 4. The number of benzene rings is 1. The quantitative estimate of drug-likeness (QED) is 0.766. The third kappa shape index (κ3) is 3.92. The van der Waals surface area contributed by atoms with Gasteiger partial charge in [-0.25, -0.2) is 0 Å². The summed E-state index contributed by atoms with van der Waals surface area (Å²) in [5.41, 5.74) is 1.90. The number of nitrogens with one attached hydrogen (secondary N) is 1. The summed E-state index contributed by atoms with van der Waals surface area (Å²) in [6.07, 6.45) is 0. The number of hydrogen-bond donors (Lipinski definition) is 2. The van der Waals surface area contributed by atoms with Gasteiger partial charge in [0.2, 0.25) is 0 Å². The van der Waals surface area contributed by atoms with Gasteiger partial charge in [0.25, 0.3) is 0 Å². The largest absolute Gasteiger partial charge is 0.492 e. The summed E-state index contributed by atoms with van der Waals surface area (Å²) in [6, 6.07) is 5.79. The number of nitrogens with zero attached hydrogens (tertiary/aromatic N) is 1. The number of carboxylic acid groups (broad SMARTS) is 1. The summed E-state index contributed by atoms with van der Waals surface area (Å²) in [5.74, 6) is -0.145. The van der Waals surface area contributed by atoms with Crippen LogP contribution in [0.5, 0.6) is 5.75 Å². The number of carbonyl (C=O) groups is 1. The summed E-state index contributed by atoms with van der Waals surface area (Å²) in [6.45, 7) is 3.16. The van der Waals surface area contributed by atoms with Gasteiger partial charge in [-0.15, -0.1) is 0 Å². The van der Waals surface area contributed by atoms with Gasteiger partial charge in [-0.3, -0.25) is 4.79 Å². The van der Waals surface area contributed by atoms with Crippen molar-refractivity contribution in [3.63, 3.8) is 0 Å². The maximum Gasteiger partial charge on any atom is 0.323 e. The summed E-state index contributed by atoms with van der Waals surface area (Å²) >= 11 is 0. The molecule has 18 heavy (non-hydrogen) atoms. The molecule has 0 aromatic heterocycles. The summed E-state index contributed by atoms with van der Waals surface area (Å²) in [7, 11) is 3.62. The summed E-state index contributed by atoms with van der Waals surface area (Å²) in [4.78, 5) is 12.4.